The van der Waals surface area contributed by atoms with E-state index in [0.717, 1.165) is 6.54 Å². The lowest BCUT2D eigenvalue weighted by Crippen LogP contribution is -2.25. The van der Waals surface area contributed by atoms with Crippen molar-refractivity contribution in [2.24, 2.45) is 0 Å². The van der Waals surface area contributed by atoms with E-state index in [0.29, 0.717) is 0 Å². The van der Waals surface area contributed by atoms with Crippen LogP contribution >= 0.6 is 0 Å². The van der Waals surface area contributed by atoms with Crippen LogP contribution in [0.3, 0.4) is 0 Å². The molecule has 0 aliphatic heterocycles. The molecule has 1 N–H and O–H groups in total. The summed E-state index contributed by atoms with van der Waals surface area (Å²) in [4.78, 5) is 0. The fourth-order valence-electron chi connectivity index (χ4n) is 1.09. The molecule has 0 bridgehead atoms. The van der Waals surface area contributed by atoms with Gasteiger partial charge in [-0.1, -0.05) is 32.6 Å². The van der Waals surface area contributed by atoms with Gasteiger partial charge in [0.05, 0.1) is 12.1 Å². The maximum absolute atomic E-state index is 8.46. The Morgan fingerprint density at radius 1 is 1.25 bits per heavy atom. The molecule has 0 heterocycles. The minimum absolute atomic E-state index is 0.0103. The highest BCUT2D eigenvalue weighted by atomic mass is 14.9. The molecule has 1 unspecified atom stereocenters. The van der Waals surface area contributed by atoms with Crippen LogP contribution < -0.4 is 5.32 Å². The van der Waals surface area contributed by atoms with E-state index in [-0.39, 0.29) is 6.04 Å². The SMILES string of the molecule is CCCCCCCNC(C)C#N. The van der Waals surface area contributed by atoms with Crippen molar-refractivity contribution in [1.82, 2.24) is 5.32 Å². The molecule has 0 aliphatic carbocycles. The number of unbranched alkanes of at least 4 members (excludes halogenated alkanes) is 4. The largest absolute Gasteiger partial charge is 0.302 e. The van der Waals surface area contributed by atoms with Crippen LogP contribution in [-0.2, 0) is 0 Å². The van der Waals surface area contributed by atoms with E-state index < -0.39 is 0 Å². The monoisotopic (exact) mass is 168 g/mol. The van der Waals surface area contributed by atoms with E-state index in [4.69, 9.17) is 5.26 Å². The number of nitriles is 1. The van der Waals surface area contributed by atoms with Gasteiger partial charge in [-0.15, -0.1) is 0 Å². The second-order valence-corrected chi connectivity index (χ2v) is 3.22. The molecule has 12 heavy (non-hydrogen) atoms. The van der Waals surface area contributed by atoms with Crippen molar-refractivity contribution >= 4 is 0 Å². The lowest BCUT2D eigenvalue weighted by Gasteiger charge is -2.04. The molecule has 70 valence electrons. The van der Waals surface area contributed by atoms with E-state index in [1.165, 1.54) is 32.1 Å². The quantitative estimate of drug-likeness (QED) is 0.593. The van der Waals surface area contributed by atoms with Gasteiger partial charge in [0.15, 0.2) is 0 Å². The van der Waals surface area contributed by atoms with Crippen molar-refractivity contribution in [3.63, 3.8) is 0 Å². The number of nitrogens with zero attached hydrogens (tertiary/aromatic N) is 1. The first-order valence-electron chi connectivity index (χ1n) is 4.94. The highest BCUT2D eigenvalue weighted by Gasteiger charge is 1.95. The topological polar surface area (TPSA) is 35.8 Å². The molecule has 0 aromatic heterocycles. The standard InChI is InChI=1S/C10H20N2/c1-3-4-5-6-7-8-12-10(2)9-11/h10,12H,3-8H2,1-2H3. The lowest BCUT2D eigenvalue weighted by atomic mass is 10.1. The Labute approximate surface area is 76.0 Å². The molecule has 0 rings (SSSR count). The molecule has 0 spiro atoms. The Hall–Kier alpha value is -0.550. The first-order chi connectivity index (χ1) is 5.81. The summed E-state index contributed by atoms with van der Waals surface area (Å²) in [5, 5.41) is 11.6. The molecule has 0 aliphatic rings. The fraction of sp³-hybridized carbons (Fsp3) is 0.900. The summed E-state index contributed by atoms with van der Waals surface area (Å²) in [6.45, 7) is 5.10. The first kappa shape index (κ1) is 11.4. The average molecular weight is 168 g/mol. The smallest absolute Gasteiger partial charge is 0.0924 e. The molecule has 2 nitrogen and oxygen atoms in total. The molecule has 0 radical (unpaired) electrons. The minimum Gasteiger partial charge on any atom is -0.302 e. The highest BCUT2D eigenvalue weighted by molar-refractivity contribution is 4.84. The van der Waals surface area contributed by atoms with Crippen LogP contribution in [0.5, 0.6) is 0 Å². The third-order valence-corrected chi connectivity index (χ3v) is 1.92. The van der Waals surface area contributed by atoms with Crippen molar-refractivity contribution in [3.8, 4) is 6.07 Å². The van der Waals surface area contributed by atoms with Crippen LogP contribution in [0.2, 0.25) is 0 Å². The van der Waals surface area contributed by atoms with E-state index in [1.807, 2.05) is 6.92 Å². The summed E-state index contributed by atoms with van der Waals surface area (Å²) < 4.78 is 0. The molecular formula is C10H20N2. The van der Waals surface area contributed by atoms with E-state index >= 15 is 0 Å². The minimum atomic E-state index is 0.0103. The molecule has 0 fully saturated rings. The fourth-order valence-corrected chi connectivity index (χ4v) is 1.09. The Bertz CT molecular complexity index is 126. The van der Waals surface area contributed by atoms with Crippen LogP contribution in [0.4, 0.5) is 0 Å². The predicted molar refractivity (Wildman–Crippen MR) is 51.8 cm³/mol. The maximum atomic E-state index is 8.46. The van der Waals surface area contributed by atoms with Gasteiger partial charge >= 0.3 is 0 Å². The van der Waals surface area contributed by atoms with Crippen LogP contribution in [0.25, 0.3) is 0 Å². The van der Waals surface area contributed by atoms with Crippen molar-refractivity contribution in [2.45, 2.75) is 52.0 Å². The first-order valence-corrected chi connectivity index (χ1v) is 4.94. The van der Waals surface area contributed by atoms with Gasteiger partial charge in [-0.3, -0.25) is 0 Å². The van der Waals surface area contributed by atoms with E-state index in [1.54, 1.807) is 0 Å². The summed E-state index contributed by atoms with van der Waals surface area (Å²) in [6.07, 6.45) is 6.46. The summed E-state index contributed by atoms with van der Waals surface area (Å²) >= 11 is 0. The zero-order valence-electron chi connectivity index (χ0n) is 8.27. The van der Waals surface area contributed by atoms with Crippen LogP contribution in [0.1, 0.15) is 46.0 Å². The molecule has 0 aromatic rings. The molecule has 1 atom stereocenters. The Balaban J connectivity index is 2.96. The Morgan fingerprint density at radius 3 is 2.50 bits per heavy atom. The Kier molecular flexibility index (Phi) is 8.15. The summed E-state index contributed by atoms with van der Waals surface area (Å²) in [5.41, 5.74) is 0. The Morgan fingerprint density at radius 2 is 1.92 bits per heavy atom. The zero-order valence-corrected chi connectivity index (χ0v) is 8.27. The third-order valence-electron chi connectivity index (χ3n) is 1.92. The highest BCUT2D eigenvalue weighted by Crippen LogP contribution is 2.01. The number of nitrogens with one attached hydrogen (secondary N) is 1. The van der Waals surface area contributed by atoms with Crippen molar-refractivity contribution in [1.29, 1.82) is 5.26 Å². The van der Waals surface area contributed by atoms with Gasteiger partial charge < -0.3 is 5.32 Å². The van der Waals surface area contributed by atoms with Gasteiger partial charge in [-0.25, -0.2) is 0 Å². The molecule has 0 saturated heterocycles. The molecular weight excluding hydrogens is 148 g/mol. The zero-order chi connectivity index (χ0) is 9.23. The normalized spacial score (nSPS) is 12.4. The van der Waals surface area contributed by atoms with Gasteiger partial charge in [-0.05, 0) is 19.9 Å². The van der Waals surface area contributed by atoms with Gasteiger partial charge in [-0.2, -0.15) is 5.26 Å². The van der Waals surface area contributed by atoms with Crippen LogP contribution in [0, 0.1) is 11.3 Å². The maximum Gasteiger partial charge on any atom is 0.0924 e. The predicted octanol–water partition coefficient (Wildman–Crippen LogP) is 2.46. The van der Waals surface area contributed by atoms with Crippen molar-refractivity contribution in [2.75, 3.05) is 6.54 Å². The second kappa shape index (κ2) is 8.55. The summed E-state index contributed by atoms with van der Waals surface area (Å²) in [6, 6.07) is 2.17. The number of rotatable bonds is 7. The van der Waals surface area contributed by atoms with Crippen molar-refractivity contribution < 1.29 is 0 Å². The van der Waals surface area contributed by atoms with Crippen molar-refractivity contribution in [3.05, 3.63) is 0 Å². The van der Waals surface area contributed by atoms with Crippen LogP contribution in [0.15, 0.2) is 0 Å². The van der Waals surface area contributed by atoms with Gasteiger partial charge in [0.25, 0.3) is 0 Å². The second-order valence-electron chi connectivity index (χ2n) is 3.22. The average Bonchev–Trinajstić information content (AvgIpc) is 2.10. The molecule has 0 amide bonds. The lowest BCUT2D eigenvalue weighted by molar-refractivity contribution is 0.566. The summed E-state index contributed by atoms with van der Waals surface area (Å²) in [7, 11) is 0. The van der Waals surface area contributed by atoms with E-state index in [2.05, 4.69) is 18.3 Å². The summed E-state index contributed by atoms with van der Waals surface area (Å²) in [5.74, 6) is 0. The molecule has 0 aromatic carbocycles. The molecule has 2 heteroatoms. The van der Waals surface area contributed by atoms with E-state index in [9.17, 15) is 0 Å². The number of hydrogen-bond donors (Lipinski definition) is 1. The third kappa shape index (κ3) is 7.56. The molecule has 0 saturated carbocycles. The van der Waals surface area contributed by atoms with Gasteiger partial charge in [0, 0.05) is 0 Å². The van der Waals surface area contributed by atoms with Gasteiger partial charge in [0.2, 0.25) is 0 Å². The van der Waals surface area contributed by atoms with Crippen LogP contribution in [-0.4, -0.2) is 12.6 Å². The van der Waals surface area contributed by atoms with Gasteiger partial charge in [0.1, 0.15) is 0 Å². The number of hydrogen-bond acceptors (Lipinski definition) is 2.